The molecular weight excluding hydrogens is 142 g/mol. The van der Waals surface area contributed by atoms with E-state index in [1.807, 2.05) is 13.8 Å². The number of hydrogen-bond donors (Lipinski definition) is 3. The number of nitrogens with one attached hydrogen (secondary N) is 2. The van der Waals surface area contributed by atoms with Crippen molar-refractivity contribution in [1.29, 1.82) is 5.41 Å². The molecule has 1 amide bonds. The van der Waals surface area contributed by atoms with Gasteiger partial charge in [0.2, 0.25) is 5.91 Å². The van der Waals surface area contributed by atoms with Crippen molar-refractivity contribution in [2.75, 3.05) is 0 Å². The van der Waals surface area contributed by atoms with Gasteiger partial charge in [-0.05, 0) is 13.3 Å². The molecule has 4 N–H and O–H groups in total. The lowest BCUT2D eigenvalue weighted by Gasteiger charge is -2.10. The summed E-state index contributed by atoms with van der Waals surface area (Å²) in [6, 6.07) is 0.168. The fraction of sp³-hybridized carbons (Fsp3) is 0.714. The van der Waals surface area contributed by atoms with Crippen LogP contribution in [0.4, 0.5) is 0 Å². The molecule has 0 fully saturated rings. The van der Waals surface area contributed by atoms with Gasteiger partial charge in [-0.25, -0.2) is 0 Å². The number of carbonyl (C=O) groups is 1. The van der Waals surface area contributed by atoms with Crippen LogP contribution in [0.15, 0.2) is 0 Å². The molecule has 4 heteroatoms. The molecule has 0 aliphatic carbocycles. The topological polar surface area (TPSA) is 79.0 Å². The van der Waals surface area contributed by atoms with Crippen molar-refractivity contribution < 1.29 is 4.79 Å². The van der Waals surface area contributed by atoms with Crippen LogP contribution in [0, 0.1) is 5.41 Å². The van der Waals surface area contributed by atoms with Gasteiger partial charge in [-0.2, -0.15) is 0 Å². The number of carbonyl (C=O) groups excluding carboxylic acids is 1. The van der Waals surface area contributed by atoms with Gasteiger partial charge in [0.25, 0.3) is 0 Å². The van der Waals surface area contributed by atoms with Gasteiger partial charge in [0.05, 0.1) is 12.3 Å². The minimum atomic E-state index is -0.174. The Kier molecular flexibility index (Phi) is 4.26. The first kappa shape index (κ1) is 9.94. The summed E-state index contributed by atoms with van der Waals surface area (Å²) in [5.74, 6) is -0.266. The number of hydrogen-bond acceptors (Lipinski definition) is 2. The molecule has 0 aromatic rings. The Balaban J connectivity index is 3.60. The minimum absolute atomic E-state index is 0.00431. The summed E-state index contributed by atoms with van der Waals surface area (Å²) in [6.45, 7) is 3.90. The van der Waals surface area contributed by atoms with Crippen LogP contribution >= 0.6 is 0 Å². The third-order valence-electron chi connectivity index (χ3n) is 1.37. The van der Waals surface area contributed by atoms with Gasteiger partial charge < -0.3 is 11.1 Å². The van der Waals surface area contributed by atoms with Gasteiger partial charge in [0.15, 0.2) is 0 Å². The smallest absolute Gasteiger partial charge is 0.227 e. The van der Waals surface area contributed by atoms with Gasteiger partial charge in [0.1, 0.15) is 0 Å². The van der Waals surface area contributed by atoms with E-state index in [1.165, 1.54) is 0 Å². The Labute approximate surface area is 66.7 Å². The van der Waals surface area contributed by atoms with Crippen molar-refractivity contribution in [1.82, 2.24) is 5.32 Å². The Morgan fingerprint density at radius 2 is 2.27 bits per heavy atom. The second kappa shape index (κ2) is 4.71. The molecule has 4 nitrogen and oxygen atoms in total. The quantitative estimate of drug-likeness (QED) is 0.403. The van der Waals surface area contributed by atoms with Gasteiger partial charge in [-0.3, -0.25) is 10.2 Å². The largest absolute Gasteiger partial charge is 0.387 e. The number of amidine groups is 1. The van der Waals surface area contributed by atoms with Crippen LogP contribution in [0.1, 0.15) is 26.7 Å². The van der Waals surface area contributed by atoms with E-state index in [1.54, 1.807) is 0 Å². The third-order valence-corrected chi connectivity index (χ3v) is 1.37. The molecule has 0 saturated heterocycles. The lowest BCUT2D eigenvalue weighted by molar-refractivity contribution is -0.120. The molecule has 0 spiro atoms. The monoisotopic (exact) mass is 157 g/mol. The highest BCUT2D eigenvalue weighted by Gasteiger charge is 2.05. The SMILES string of the molecule is CC[C@H](C)NC(=O)CC(=N)N. The van der Waals surface area contributed by atoms with E-state index in [0.717, 1.165) is 6.42 Å². The van der Waals surface area contributed by atoms with Gasteiger partial charge in [-0.1, -0.05) is 6.92 Å². The maximum atomic E-state index is 10.9. The zero-order valence-electron chi connectivity index (χ0n) is 6.98. The van der Waals surface area contributed by atoms with Crippen molar-refractivity contribution in [3.05, 3.63) is 0 Å². The Morgan fingerprint density at radius 3 is 2.64 bits per heavy atom. The van der Waals surface area contributed by atoms with E-state index in [-0.39, 0.29) is 24.2 Å². The van der Waals surface area contributed by atoms with Crippen LogP contribution in [0.2, 0.25) is 0 Å². The average Bonchev–Trinajstić information content (AvgIpc) is 1.85. The lowest BCUT2D eigenvalue weighted by Crippen LogP contribution is -2.34. The van der Waals surface area contributed by atoms with Crippen molar-refractivity contribution >= 4 is 11.7 Å². The highest BCUT2D eigenvalue weighted by molar-refractivity contribution is 5.97. The number of amides is 1. The molecule has 0 heterocycles. The van der Waals surface area contributed by atoms with Crippen LogP contribution < -0.4 is 11.1 Å². The standard InChI is InChI=1S/C7H15N3O/c1-3-5(2)10-7(11)4-6(8)9/h5H,3-4H2,1-2H3,(H3,8,9)(H,10,11)/t5-/m0/s1. The molecule has 64 valence electrons. The fourth-order valence-electron chi connectivity index (χ4n) is 0.601. The number of nitrogens with two attached hydrogens (primary N) is 1. The maximum Gasteiger partial charge on any atom is 0.227 e. The predicted octanol–water partition coefficient (Wildman–Crippen LogP) is 0.227. The highest BCUT2D eigenvalue weighted by atomic mass is 16.1. The van der Waals surface area contributed by atoms with Crippen molar-refractivity contribution in [3.63, 3.8) is 0 Å². The van der Waals surface area contributed by atoms with Gasteiger partial charge in [0, 0.05) is 6.04 Å². The summed E-state index contributed by atoms with van der Waals surface area (Å²) in [5.41, 5.74) is 5.03. The predicted molar refractivity (Wildman–Crippen MR) is 44.4 cm³/mol. The summed E-state index contributed by atoms with van der Waals surface area (Å²) in [7, 11) is 0. The van der Waals surface area contributed by atoms with Crippen LogP contribution in [-0.2, 0) is 4.79 Å². The molecule has 0 aromatic carbocycles. The van der Waals surface area contributed by atoms with E-state index in [0.29, 0.717) is 0 Å². The highest BCUT2D eigenvalue weighted by Crippen LogP contribution is 1.88. The summed E-state index contributed by atoms with van der Waals surface area (Å²) in [6.07, 6.45) is 0.897. The second-order valence-electron chi connectivity index (χ2n) is 2.58. The fourth-order valence-corrected chi connectivity index (χ4v) is 0.601. The summed E-state index contributed by atoms with van der Waals surface area (Å²) >= 11 is 0. The molecule has 0 rings (SSSR count). The normalized spacial score (nSPS) is 12.2. The van der Waals surface area contributed by atoms with Crippen molar-refractivity contribution in [2.45, 2.75) is 32.7 Å². The molecule has 0 radical (unpaired) electrons. The summed E-state index contributed by atoms with van der Waals surface area (Å²) < 4.78 is 0. The number of rotatable bonds is 4. The second-order valence-corrected chi connectivity index (χ2v) is 2.58. The van der Waals surface area contributed by atoms with E-state index < -0.39 is 0 Å². The zero-order valence-corrected chi connectivity index (χ0v) is 6.98. The molecule has 1 atom stereocenters. The maximum absolute atomic E-state index is 10.9. The summed E-state index contributed by atoms with van der Waals surface area (Å²) in [5, 5.41) is 9.54. The first-order valence-corrected chi connectivity index (χ1v) is 3.68. The van der Waals surface area contributed by atoms with Crippen LogP contribution in [0.3, 0.4) is 0 Å². The molecular formula is C7H15N3O. The molecule has 0 aliphatic heterocycles. The third kappa shape index (κ3) is 5.39. The first-order valence-electron chi connectivity index (χ1n) is 3.68. The molecule has 0 aromatic heterocycles. The van der Waals surface area contributed by atoms with Crippen LogP contribution in [-0.4, -0.2) is 17.8 Å². The molecule has 11 heavy (non-hydrogen) atoms. The van der Waals surface area contributed by atoms with E-state index >= 15 is 0 Å². The van der Waals surface area contributed by atoms with Gasteiger partial charge in [-0.15, -0.1) is 0 Å². The Bertz CT molecular complexity index is 156. The zero-order chi connectivity index (χ0) is 8.85. The minimum Gasteiger partial charge on any atom is -0.387 e. The molecule has 0 saturated carbocycles. The van der Waals surface area contributed by atoms with Crippen molar-refractivity contribution in [2.24, 2.45) is 5.73 Å². The van der Waals surface area contributed by atoms with E-state index in [4.69, 9.17) is 11.1 Å². The van der Waals surface area contributed by atoms with Gasteiger partial charge >= 0.3 is 0 Å². The van der Waals surface area contributed by atoms with Crippen LogP contribution in [0.25, 0.3) is 0 Å². The van der Waals surface area contributed by atoms with E-state index in [9.17, 15) is 4.79 Å². The van der Waals surface area contributed by atoms with Crippen molar-refractivity contribution in [3.8, 4) is 0 Å². The van der Waals surface area contributed by atoms with Crippen LogP contribution in [0.5, 0.6) is 0 Å². The lowest BCUT2D eigenvalue weighted by atomic mass is 10.2. The summed E-state index contributed by atoms with van der Waals surface area (Å²) in [4.78, 5) is 10.9. The molecule has 0 bridgehead atoms. The first-order chi connectivity index (χ1) is 5.06. The molecule has 0 unspecified atom stereocenters. The Hall–Kier alpha value is -1.06. The average molecular weight is 157 g/mol. The Morgan fingerprint density at radius 1 is 1.73 bits per heavy atom. The van der Waals surface area contributed by atoms with E-state index in [2.05, 4.69) is 5.32 Å². The molecule has 0 aliphatic rings.